The number of hydrogen-bond donors (Lipinski definition) is 2. The van der Waals surface area contributed by atoms with Gasteiger partial charge in [0.1, 0.15) is 0 Å². The Bertz CT molecular complexity index is 551. The minimum absolute atomic E-state index is 0.0785. The Morgan fingerprint density at radius 1 is 1.47 bits per heavy atom. The zero-order chi connectivity index (χ0) is 13.7. The van der Waals surface area contributed by atoms with Crippen molar-refractivity contribution < 1.29 is 9.32 Å². The first-order valence-corrected chi connectivity index (χ1v) is 6.87. The summed E-state index contributed by atoms with van der Waals surface area (Å²) in [6.45, 7) is 2.37. The van der Waals surface area contributed by atoms with Gasteiger partial charge in [0.15, 0.2) is 5.13 Å². The zero-order valence-corrected chi connectivity index (χ0v) is 11.4. The van der Waals surface area contributed by atoms with Crippen molar-refractivity contribution >= 4 is 22.4 Å². The van der Waals surface area contributed by atoms with Crippen molar-refractivity contribution in [1.29, 1.82) is 0 Å². The summed E-state index contributed by atoms with van der Waals surface area (Å²) in [5, 5.41) is 8.76. The van der Waals surface area contributed by atoms with E-state index in [1.54, 1.807) is 0 Å². The number of carbonyl (C=O) groups is 1. The van der Waals surface area contributed by atoms with Crippen LogP contribution in [-0.4, -0.2) is 27.6 Å². The van der Waals surface area contributed by atoms with Crippen molar-refractivity contribution in [2.75, 3.05) is 12.3 Å². The summed E-state index contributed by atoms with van der Waals surface area (Å²) in [7, 11) is 0. The summed E-state index contributed by atoms with van der Waals surface area (Å²) >= 11 is 1.43. The highest BCUT2D eigenvalue weighted by atomic mass is 32.1. The first-order chi connectivity index (χ1) is 9.19. The van der Waals surface area contributed by atoms with E-state index >= 15 is 0 Å². The van der Waals surface area contributed by atoms with Crippen molar-refractivity contribution in [3.8, 4) is 0 Å². The molecule has 7 nitrogen and oxygen atoms in total. The number of thiazole rings is 1. The van der Waals surface area contributed by atoms with Crippen molar-refractivity contribution in [1.82, 2.24) is 20.4 Å². The Labute approximate surface area is 114 Å². The van der Waals surface area contributed by atoms with Gasteiger partial charge in [0.25, 0.3) is 11.7 Å². The third kappa shape index (κ3) is 3.75. The summed E-state index contributed by atoms with van der Waals surface area (Å²) in [5.74, 6) is 0.226. The molecule has 3 N–H and O–H groups in total. The lowest BCUT2D eigenvalue weighted by atomic mass is 10.2. The van der Waals surface area contributed by atoms with Gasteiger partial charge in [0.2, 0.25) is 5.89 Å². The largest absolute Gasteiger partial charge is 0.375 e. The molecule has 2 aromatic heterocycles. The number of carbonyl (C=O) groups excluding carboxylic acids is 1. The maximum atomic E-state index is 11.4. The number of nitrogens with zero attached hydrogens (tertiary/aromatic N) is 3. The van der Waals surface area contributed by atoms with Crippen molar-refractivity contribution in [2.24, 2.45) is 0 Å². The summed E-state index contributed by atoms with van der Waals surface area (Å²) in [6.07, 6.45) is 2.23. The van der Waals surface area contributed by atoms with Crippen LogP contribution in [-0.2, 0) is 12.8 Å². The van der Waals surface area contributed by atoms with Gasteiger partial charge in [-0.3, -0.25) is 4.79 Å². The third-order valence-corrected chi connectivity index (χ3v) is 3.12. The van der Waals surface area contributed by atoms with E-state index in [-0.39, 0.29) is 11.7 Å². The standard InChI is InChI=1S/C11H15N5O2S/c1-2-13-10(17)9-15-8(18-16-9)5-3-4-7-6-19-11(12)14-7/h6H,2-5H2,1H3,(H2,12,14)(H,13,17). The maximum absolute atomic E-state index is 11.4. The van der Waals surface area contributed by atoms with Gasteiger partial charge in [-0.1, -0.05) is 5.16 Å². The van der Waals surface area contributed by atoms with E-state index in [1.165, 1.54) is 11.3 Å². The second-order valence-corrected chi connectivity index (χ2v) is 4.79. The molecule has 0 fully saturated rings. The maximum Gasteiger partial charge on any atom is 0.292 e. The molecule has 0 saturated carbocycles. The third-order valence-electron chi connectivity index (χ3n) is 2.40. The van der Waals surface area contributed by atoms with Crippen LogP contribution in [0.3, 0.4) is 0 Å². The lowest BCUT2D eigenvalue weighted by Gasteiger charge is -1.94. The minimum Gasteiger partial charge on any atom is -0.375 e. The molecule has 19 heavy (non-hydrogen) atoms. The average molecular weight is 281 g/mol. The second-order valence-electron chi connectivity index (χ2n) is 3.90. The molecule has 2 heterocycles. The molecule has 0 aromatic carbocycles. The van der Waals surface area contributed by atoms with E-state index < -0.39 is 0 Å². The highest BCUT2D eigenvalue weighted by Gasteiger charge is 2.13. The normalized spacial score (nSPS) is 10.6. The van der Waals surface area contributed by atoms with Gasteiger partial charge in [0.05, 0.1) is 5.69 Å². The van der Waals surface area contributed by atoms with Gasteiger partial charge >= 0.3 is 0 Å². The van der Waals surface area contributed by atoms with E-state index in [4.69, 9.17) is 10.3 Å². The van der Waals surface area contributed by atoms with Gasteiger partial charge in [-0.25, -0.2) is 4.98 Å². The van der Waals surface area contributed by atoms with Gasteiger partial charge in [-0.05, 0) is 19.8 Å². The highest BCUT2D eigenvalue weighted by Crippen LogP contribution is 2.13. The Morgan fingerprint density at radius 2 is 2.32 bits per heavy atom. The number of rotatable bonds is 6. The first kappa shape index (κ1) is 13.5. The van der Waals surface area contributed by atoms with Crippen molar-refractivity contribution in [2.45, 2.75) is 26.2 Å². The second kappa shape index (κ2) is 6.28. The number of amides is 1. The summed E-state index contributed by atoms with van der Waals surface area (Å²) in [4.78, 5) is 19.6. The molecule has 0 aliphatic carbocycles. The Kier molecular flexibility index (Phi) is 4.45. The SMILES string of the molecule is CCNC(=O)c1noc(CCCc2csc(N)n2)n1. The monoisotopic (exact) mass is 281 g/mol. The summed E-state index contributed by atoms with van der Waals surface area (Å²) < 4.78 is 5.01. The first-order valence-electron chi connectivity index (χ1n) is 5.99. The molecule has 0 spiro atoms. The van der Waals surface area contributed by atoms with Crippen LogP contribution in [0.4, 0.5) is 5.13 Å². The molecule has 0 bridgehead atoms. The molecule has 0 unspecified atom stereocenters. The molecular formula is C11H15N5O2S. The molecule has 0 aliphatic rings. The van der Waals surface area contributed by atoms with Crippen molar-refractivity contribution in [3.05, 3.63) is 22.8 Å². The van der Waals surface area contributed by atoms with E-state index in [0.717, 1.165) is 18.5 Å². The molecule has 0 radical (unpaired) electrons. The number of nitrogen functional groups attached to an aromatic ring is 1. The number of aryl methyl sites for hydroxylation is 2. The molecule has 1 amide bonds. The van der Waals surface area contributed by atoms with Gasteiger partial charge in [-0.2, -0.15) is 4.98 Å². The van der Waals surface area contributed by atoms with Gasteiger partial charge < -0.3 is 15.6 Å². The van der Waals surface area contributed by atoms with Crippen LogP contribution < -0.4 is 11.1 Å². The lowest BCUT2D eigenvalue weighted by Crippen LogP contribution is -2.23. The Hall–Kier alpha value is -1.96. The molecule has 0 atom stereocenters. The van der Waals surface area contributed by atoms with Gasteiger partial charge in [0, 0.05) is 18.3 Å². The molecule has 0 saturated heterocycles. The fourth-order valence-corrected chi connectivity index (χ4v) is 2.14. The van der Waals surface area contributed by atoms with Crippen LogP contribution in [0.1, 0.15) is 35.5 Å². The number of hydrogen-bond acceptors (Lipinski definition) is 7. The highest BCUT2D eigenvalue weighted by molar-refractivity contribution is 7.13. The van der Waals surface area contributed by atoms with Crippen LogP contribution in [0, 0.1) is 0 Å². The molecule has 0 aliphatic heterocycles. The fourth-order valence-electron chi connectivity index (χ4n) is 1.55. The Morgan fingerprint density at radius 3 is 3.00 bits per heavy atom. The molecule has 102 valence electrons. The average Bonchev–Trinajstić information content (AvgIpc) is 2.99. The smallest absolute Gasteiger partial charge is 0.292 e. The fraction of sp³-hybridized carbons (Fsp3) is 0.455. The quantitative estimate of drug-likeness (QED) is 0.819. The minimum atomic E-state index is -0.315. The molecule has 2 aromatic rings. The van der Waals surface area contributed by atoms with Crippen LogP contribution in [0.15, 0.2) is 9.90 Å². The predicted molar refractivity (Wildman–Crippen MR) is 70.9 cm³/mol. The van der Waals surface area contributed by atoms with E-state index in [9.17, 15) is 4.79 Å². The van der Waals surface area contributed by atoms with Crippen LogP contribution >= 0.6 is 11.3 Å². The lowest BCUT2D eigenvalue weighted by molar-refractivity contribution is 0.0942. The number of nitrogens with two attached hydrogens (primary N) is 1. The number of aromatic nitrogens is 3. The zero-order valence-electron chi connectivity index (χ0n) is 10.5. The summed E-state index contributed by atoms with van der Waals surface area (Å²) in [6, 6.07) is 0. The predicted octanol–water partition coefficient (Wildman–Crippen LogP) is 1.03. The van der Waals surface area contributed by atoms with Crippen molar-refractivity contribution in [3.63, 3.8) is 0 Å². The van der Waals surface area contributed by atoms with Crippen LogP contribution in [0.25, 0.3) is 0 Å². The molecule has 8 heteroatoms. The molecule has 2 rings (SSSR count). The summed E-state index contributed by atoms with van der Waals surface area (Å²) in [5.41, 5.74) is 6.51. The van der Waals surface area contributed by atoms with E-state index in [2.05, 4.69) is 20.4 Å². The topological polar surface area (TPSA) is 107 Å². The van der Waals surface area contributed by atoms with Gasteiger partial charge in [-0.15, -0.1) is 11.3 Å². The van der Waals surface area contributed by atoms with Crippen LogP contribution in [0.2, 0.25) is 0 Å². The Balaban J connectivity index is 1.81. The number of nitrogens with one attached hydrogen (secondary N) is 1. The van der Waals surface area contributed by atoms with E-state index in [0.29, 0.717) is 24.0 Å². The van der Waals surface area contributed by atoms with E-state index in [1.807, 2.05) is 12.3 Å². The molecular weight excluding hydrogens is 266 g/mol. The van der Waals surface area contributed by atoms with Crippen LogP contribution in [0.5, 0.6) is 0 Å². The number of anilines is 1.